The molecule has 4 nitrogen and oxygen atoms in total. The molecule has 0 radical (unpaired) electrons. The molecule has 3 rings (SSSR count). The molecular weight excluding hydrogens is 252 g/mol. The Labute approximate surface area is 121 Å². The predicted molar refractivity (Wildman–Crippen MR) is 78.6 cm³/mol. The van der Waals surface area contributed by atoms with Crippen molar-refractivity contribution in [1.82, 2.24) is 10.2 Å². The zero-order valence-electron chi connectivity index (χ0n) is 12.4. The van der Waals surface area contributed by atoms with Crippen LogP contribution in [0.5, 0.6) is 0 Å². The smallest absolute Gasteiger partial charge is 0.117 e. The van der Waals surface area contributed by atoms with Gasteiger partial charge >= 0.3 is 0 Å². The first-order valence-electron chi connectivity index (χ1n) is 7.86. The van der Waals surface area contributed by atoms with Gasteiger partial charge in [-0.15, -0.1) is 0 Å². The fourth-order valence-corrected chi connectivity index (χ4v) is 3.15. The molecule has 1 aromatic heterocycles. The molecule has 1 aliphatic heterocycles. The highest BCUT2D eigenvalue weighted by atomic mass is 16.5. The molecule has 0 amide bonds. The summed E-state index contributed by atoms with van der Waals surface area (Å²) in [5.41, 5.74) is 0.283. The first-order valence-corrected chi connectivity index (χ1v) is 7.86. The Morgan fingerprint density at radius 2 is 2.35 bits per heavy atom. The third-order valence-corrected chi connectivity index (χ3v) is 4.48. The van der Waals surface area contributed by atoms with Crippen LogP contribution >= 0.6 is 0 Å². The zero-order chi connectivity index (χ0) is 13.8. The van der Waals surface area contributed by atoms with E-state index in [1.165, 1.54) is 19.3 Å². The highest BCUT2D eigenvalue weighted by Crippen LogP contribution is 2.35. The summed E-state index contributed by atoms with van der Waals surface area (Å²) in [6, 6.07) is 4.81. The summed E-state index contributed by atoms with van der Waals surface area (Å²) in [7, 11) is 0. The van der Waals surface area contributed by atoms with Gasteiger partial charge in [0.2, 0.25) is 0 Å². The summed E-state index contributed by atoms with van der Waals surface area (Å²) < 4.78 is 11.2. The number of furan rings is 1. The van der Waals surface area contributed by atoms with Crippen LogP contribution in [0.1, 0.15) is 31.9 Å². The maximum absolute atomic E-state index is 5.70. The second kappa shape index (κ2) is 6.29. The topological polar surface area (TPSA) is 37.6 Å². The van der Waals surface area contributed by atoms with E-state index in [-0.39, 0.29) is 5.41 Å². The lowest BCUT2D eigenvalue weighted by Crippen LogP contribution is -2.45. The normalized spacial score (nSPS) is 26.5. The van der Waals surface area contributed by atoms with E-state index >= 15 is 0 Å². The van der Waals surface area contributed by atoms with E-state index in [4.69, 9.17) is 9.15 Å². The van der Waals surface area contributed by atoms with E-state index in [9.17, 15) is 0 Å². The number of hydrogen-bond donors (Lipinski definition) is 1. The van der Waals surface area contributed by atoms with Crippen molar-refractivity contribution >= 4 is 0 Å². The van der Waals surface area contributed by atoms with Crippen LogP contribution in [0.4, 0.5) is 0 Å². The molecular formula is C16H26N2O2. The Morgan fingerprint density at radius 1 is 1.45 bits per heavy atom. The Bertz CT molecular complexity index is 395. The van der Waals surface area contributed by atoms with Gasteiger partial charge in [0.1, 0.15) is 5.76 Å². The lowest BCUT2D eigenvalue weighted by atomic mass is 9.86. The molecule has 1 unspecified atom stereocenters. The van der Waals surface area contributed by atoms with Crippen molar-refractivity contribution in [1.29, 1.82) is 0 Å². The number of hydrogen-bond acceptors (Lipinski definition) is 4. The minimum atomic E-state index is 0.283. The van der Waals surface area contributed by atoms with Gasteiger partial charge in [0, 0.05) is 31.2 Å². The summed E-state index contributed by atoms with van der Waals surface area (Å²) in [6.07, 6.45) is 5.60. The molecule has 0 bridgehead atoms. The lowest BCUT2D eigenvalue weighted by molar-refractivity contribution is 0.0971. The monoisotopic (exact) mass is 278 g/mol. The van der Waals surface area contributed by atoms with Crippen molar-refractivity contribution in [2.75, 3.05) is 32.8 Å². The quantitative estimate of drug-likeness (QED) is 0.791. The Balaban J connectivity index is 1.64. The molecule has 20 heavy (non-hydrogen) atoms. The first-order chi connectivity index (χ1) is 9.81. The average Bonchev–Trinajstić information content (AvgIpc) is 2.99. The second-order valence-corrected chi connectivity index (χ2v) is 6.30. The number of nitrogens with one attached hydrogen (secondary N) is 1. The minimum Gasteiger partial charge on any atom is -0.468 e. The fraction of sp³-hybridized carbons (Fsp3) is 0.750. The van der Waals surface area contributed by atoms with Crippen molar-refractivity contribution < 1.29 is 9.15 Å². The SMILES string of the molecule is CCNCC1(CN(Cc2ccco2)C2CC2)CCOC1. The maximum atomic E-state index is 5.70. The van der Waals surface area contributed by atoms with E-state index in [0.717, 1.165) is 51.2 Å². The maximum Gasteiger partial charge on any atom is 0.117 e. The van der Waals surface area contributed by atoms with Crippen LogP contribution in [0.15, 0.2) is 22.8 Å². The van der Waals surface area contributed by atoms with Crippen LogP contribution in [0.2, 0.25) is 0 Å². The van der Waals surface area contributed by atoms with Gasteiger partial charge < -0.3 is 14.5 Å². The van der Waals surface area contributed by atoms with Crippen molar-refractivity contribution in [3.8, 4) is 0 Å². The summed E-state index contributed by atoms with van der Waals surface area (Å²) in [5.74, 6) is 1.08. The molecule has 1 atom stereocenters. The standard InChI is InChI=1S/C16H26N2O2/c1-2-17-11-16(7-9-19-13-16)12-18(14-5-6-14)10-15-4-3-8-20-15/h3-4,8,14,17H,2,5-7,9-13H2,1H3. The van der Waals surface area contributed by atoms with Gasteiger partial charge in [-0.25, -0.2) is 0 Å². The van der Waals surface area contributed by atoms with Crippen molar-refractivity contribution in [2.45, 2.75) is 38.8 Å². The summed E-state index contributed by atoms with van der Waals surface area (Å²) in [5, 5.41) is 3.52. The predicted octanol–water partition coefficient (Wildman–Crippen LogP) is 2.26. The number of ether oxygens (including phenoxy) is 1. The van der Waals surface area contributed by atoms with Crippen LogP contribution in [0.25, 0.3) is 0 Å². The fourth-order valence-electron chi connectivity index (χ4n) is 3.15. The van der Waals surface area contributed by atoms with Crippen molar-refractivity contribution in [2.24, 2.45) is 5.41 Å². The van der Waals surface area contributed by atoms with Gasteiger partial charge in [-0.2, -0.15) is 0 Å². The molecule has 2 aliphatic rings. The summed E-state index contributed by atoms with van der Waals surface area (Å²) in [4.78, 5) is 2.60. The molecule has 4 heteroatoms. The molecule has 1 saturated carbocycles. The summed E-state index contributed by atoms with van der Waals surface area (Å²) in [6.45, 7) is 8.11. The van der Waals surface area contributed by atoms with Gasteiger partial charge in [-0.3, -0.25) is 4.90 Å². The van der Waals surface area contributed by atoms with Crippen LogP contribution < -0.4 is 5.32 Å². The molecule has 0 spiro atoms. The largest absolute Gasteiger partial charge is 0.468 e. The molecule has 1 saturated heterocycles. The van der Waals surface area contributed by atoms with Gasteiger partial charge in [-0.1, -0.05) is 6.92 Å². The molecule has 2 heterocycles. The Kier molecular flexibility index (Phi) is 4.44. The van der Waals surface area contributed by atoms with Gasteiger partial charge in [0.15, 0.2) is 0 Å². The van der Waals surface area contributed by atoms with Crippen LogP contribution in [0, 0.1) is 5.41 Å². The van der Waals surface area contributed by atoms with E-state index in [1.54, 1.807) is 6.26 Å². The molecule has 112 valence electrons. The van der Waals surface area contributed by atoms with E-state index < -0.39 is 0 Å². The number of rotatable bonds is 8. The Hall–Kier alpha value is -0.840. The molecule has 0 aromatic carbocycles. The zero-order valence-corrected chi connectivity index (χ0v) is 12.4. The van der Waals surface area contributed by atoms with E-state index in [0.29, 0.717) is 0 Å². The first kappa shape index (κ1) is 14.1. The highest BCUT2D eigenvalue weighted by Gasteiger charge is 2.40. The minimum absolute atomic E-state index is 0.283. The summed E-state index contributed by atoms with van der Waals surface area (Å²) >= 11 is 0. The van der Waals surface area contributed by atoms with Crippen LogP contribution in [-0.4, -0.2) is 43.8 Å². The second-order valence-electron chi connectivity index (χ2n) is 6.30. The Morgan fingerprint density at radius 3 is 2.95 bits per heavy atom. The molecule has 2 fully saturated rings. The van der Waals surface area contributed by atoms with Gasteiger partial charge in [-0.05, 0) is 37.9 Å². The van der Waals surface area contributed by atoms with E-state index in [1.807, 2.05) is 6.07 Å². The van der Waals surface area contributed by atoms with Gasteiger partial charge in [0.25, 0.3) is 0 Å². The van der Waals surface area contributed by atoms with Crippen molar-refractivity contribution in [3.63, 3.8) is 0 Å². The number of nitrogens with zero attached hydrogens (tertiary/aromatic N) is 1. The highest BCUT2D eigenvalue weighted by molar-refractivity contribution is 5.01. The molecule has 1 aromatic rings. The van der Waals surface area contributed by atoms with Crippen molar-refractivity contribution in [3.05, 3.63) is 24.2 Å². The molecule has 1 N–H and O–H groups in total. The van der Waals surface area contributed by atoms with Crippen LogP contribution in [0.3, 0.4) is 0 Å². The lowest BCUT2D eigenvalue weighted by Gasteiger charge is -2.34. The molecule has 1 aliphatic carbocycles. The van der Waals surface area contributed by atoms with Crippen LogP contribution in [-0.2, 0) is 11.3 Å². The van der Waals surface area contributed by atoms with Gasteiger partial charge in [0.05, 0.1) is 19.4 Å². The van der Waals surface area contributed by atoms with E-state index in [2.05, 4.69) is 23.2 Å². The average molecular weight is 278 g/mol. The third kappa shape index (κ3) is 3.43. The third-order valence-electron chi connectivity index (χ3n) is 4.48.